The molecule has 1 fully saturated rings. The molecule has 172 valence electrons. The highest BCUT2D eigenvalue weighted by Crippen LogP contribution is 2.25. The van der Waals surface area contributed by atoms with Crippen molar-refractivity contribution in [3.8, 4) is 11.4 Å². The van der Waals surface area contributed by atoms with Crippen LogP contribution in [0.4, 0.5) is 10.1 Å². The Morgan fingerprint density at radius 3 is 2.76 bits per heavy atom. The predicted octanol–water partition coefficient (Wildman–Crippen LogP) is 3.49. The van der Waals surface area contributed by atoms with Gasteiger partial charge in [0.2, 0.25) is 5.91 Å². The van der Waals surface area contributed by atoms with Crippen molar-refractivity contribution in [2.24, 2.45) is 0 Å². The maximum absolute atomic E-state index is 14.3. The van der Waals surface area contributed by atoms with Crippen LogP contribution in [0.3, 0.4) is 0 Å². The Morgan fingerprint density at radius 2 is 2.03 bits per heavy atom. The summed E-state index contributed by atoms with van der Waals surface area (Å²) in [5.41, 5.74) is 3.99. The Hall–Kier alpha value is -3.65. The fraction of sp³-hybridized carbons (Fsp3) is 0.280. The number of hydrogen-bond acceptors (Lipinski definition) is 5. The third-order valence-electron chi connectivity index (χ3n) is 5.45. The molecule has 1 amide bonds. The smallest absolute Gasteiger partial charge is 0.244 e. The number of imidazole rings is 1. The number of amides is 1. The lowest BCUT2D eigenvalue weighted by Gasteiger charge is -2.29. The van der Waals surface area contributed by atoms with Crippen LogP contribution in [0.2, 0.25) is 0 Å². The number of benzene rings is 2. The zero-order valence-corrected chi connectivity index (χ0v) is 18.8. The zero-order valence-electron chi connectivity index (χ0n) is 18.8. The number of methoxy groups -OCH3 is 1. The van der Waals surface area contributed by atoms with Gasteiger partial charge < -0.3 is 24.3 Å². The van der Waals surface area contributed by atoms with E-state index in [2.05, 4.69) is 10.3 Å². The maximum Gasteiger partial charge on any atom is 0.244 e. The minimum Gasteiger partial charge on any atom is -0.495 e. The van der Waals surface area contributed by atoms with Crippen LogP contribution in [-0.4, -0.2) is 48.9 Å². The largest absolute Gasteiger partial charge is 0.495 e. The molecule has 33 heavy (non-hydrogen) atoms. The van der Waals surface area contributed by atoms with E-state index < -0.39 is 0 Å². The van der Waals surface area contributed by atoms with Crippen molar-refractivity contribution in [2.75, 3.05) is 38.3 Å². The molecule has 4 rings (SSSR count). The lowest BCUT2D eigenvalue weighted by molar-refractivity contribution is -0.116. The number of carbonyl (C=O) groups is 1. The number of morpholine rings is 1. The van der Waals surface area contributed by atoms with Gasteiger partial charge in [-0.2, -0.15) is 0 Å². The minimum atomic E-state index is -0.268. The average molecular weight is 451 g/mol. The molecule has 3 aromatic rings. The summed E-state index contributed by atoms with van der Waals surface area (Å²) in [4.78, 5) is 18.6. The van der Waals surface area contributed by atoms with Crippen molar-refractivity contribution in [3.05, 3.63) is 77.6 Å². The average Bonchev–Trinajstić information content (AvgIpc) is 3.28. The number of nitrogens with zero attached hydrogens (tertiary/aromatic N) is 3. The highest BCUT2D eigenvalue weighted by Gasteiger charge is 2.15. The van der Waals surface area contributed by atoms with Crippen LogP contribution >= 0.6 is 0 Å². The molecule has 0 spiro atoms. The van der Waals surface area contributed by atoms with E-state index >= 15 is 0 Å². The summed E-state index contributed by atoms with van der Waals surface area (Å²) in [6.45, 7) is 4.70. The van der Waals surface area contributed by atoms with Gasteiger partial charge in [-0.1, -0.05) is 12.1 Å². The second kappa shape index (κ2) is 10.3. The Bertz CT molecular complexity index is 1150. The zero-order chi connectivity index (χ0) is 23.2. The van der Waals surface area contributed by atoms with Gasteiger partial charge in [-0.05, 0) is 48.4 Å². The van der Waals surface area contributed by atoms with Gasteiger partial charge in [-0.15, -0.1) is 0 Å². The van der Waals surface area contributed by atoms with Gasteiger partial charge in [-0.25, -0.2) is 9.37 Å². The minimum absolute atomic E-state index is 0.236. The van der Waals surface area contributed by atoms with Crippen LogP contribution in [0.15, 0.2) is 55.0 Å². The summed E-state index contributed by atoms with van der Waals surface area (Å²) in [5, 5.41) is 2.85. The van der Waals surface area contributed by atoms with E-state index in [1.807, 2.05) is 40.8 Å². The first kappa shape index (κ1) is 22.5. The molecule has 1 aromatic heterocycles. The summed E-state index contributed by atoms with van der Waals surface area (Å²) in [5.74, 6) is 0.174. The van der Waals surface area contributed by atoms with Crippen molar-refractivity contribution in [1.29, 1.82) is 0 Å². The normalized spacial score (nSPS) is 14.0. The van der Waals surface area contributed by atoms with Crippen LogP contribution in [0.25, 0.3) is 11.8 Å². The third-order valence-corrected chi connectivity index (χ3v) is 5.45. The van der Waals surface area contributed by atoms with E-state index in [1.54, 1.807) is 31.6 Å². The highest BCUT2D eigenvalue weighted by atomic mass is 19.1. The molecule has 1 N–H and O–H groups in total. The number of aryl methyl sites for hydroxylation is 1. The van der Waals surface area contributed by atoms with Crippen LogP contribution in [0, 0.1) is 12.7 Å². The molecular formula is C25H27FN4O3. The van der Waals surface area contributed by atoms with Gasteiger partial charge in [-0.3, -0.25) is 4.79 Å². The van der Waals surface area contributed by atoms with Gasteiger partial charge in [0.25, 0.3) is 0 Å². The Balaban J connectivity index is 1.38. The van der Waals surface area contributed by atoms with Gasteiger partial charge in [0.05, 0.1) is 43.7 Å². The highest BCUT2D eigenvalue weighted by molar-refractivity contribution is 5.91. The molecule has 0 saturated carbocycles. The summed E-state index contributed by atoms with van der Waals surface area (Å²) in [7, 11) is 1.61. The van der Waals surface area contributed by atoms with Gasteiger partial charge in [0.15, 0.2) is 0 Å². The number of ether oxygens (including phenoxy) is 2. The summed E-state index contributed by atoms with van der Waals surface area (Å²) in [6.07, 6.45) is 6.85. The first-order chi connectivity index (χ1) is 16.0. The Morgan fingerprint density at radius 1 is 1.21 bits per heavy atom. The summed E-state index contributed by atoms with van der Waals surface area (Å²) in [6, 6.07) is 10.6. The molecule has 2 aromatic carbocycles. The molecule has 0 aliphatic carbocycles. The van der Waals surface area contributed by atoms with Crippen LogP contribution < -0.4 is 15.0 Å². The molecule has 1 saturated heterocycles. The second-order valence-corrected chi connectivity index (χ2v) is 7.79. The lowest BCUT2D eigenvalue weighted by Crippen LogP contribution is -2.36. The number of aromatic nitrogens is 2. The van der Waals surface area contributed by atoms with E-state index in [9.17, 15) is 9.18 Å². The van der Waals surface area contributed by atoms with E-state index in [4.69, 9.17) is 9.47 Å². The van der Waals surface area contributed by atoms with Gasteiger partial charge in [0.1, 0.15) is 11.6 Å². The predicted molar refractivity (Wildman–Crippen MR) is 125 cm³/mol. The van der Waals surface area contributed by atoms with E-state index in [0.29, 0.717) is 44.3 Å². The molecule has 1 aliphatic rings. The first-order valence-corrected chi connectivity index (χ1v) is 10.8. The molecule has 1 aliphatic heterocycles. The SMILES string of the molecule is COc1cc(/C=C/C(=O)NCc2ccc(F)c(N3CCOCC3)c2)ccc1-n1cnc(C)c1. The van der Waals surface area contributed by atoms with Crippen molar-refractivity contribution < 1.29 is 18.7 Å². The number of carbonyl (C=O) groups excluding carboxylic acids is 1. The molecule has 0 unspecified atom stereocenters. The lowest BCUT2D eigenvalue weighted by atomic mass is 10.1. The van der Waals surface area contributed by atoms with Crippen LogP contribution in [0.1, 0.15) is 16.8 Å². The van der Waals surface area contributed by atoms with E-state index in [-0.39, 0.29) is 11.7 Å². The fourth-order valence-corrected chi connectivity index (χ4v) is 3.70. The summed E-state index contributed by atoms with van der Waals surface area (Å²) >= 11 is 0. The van der Waals surface area contributed by atoms with E-state index in [0.717, 1.165) is 22.5 Å². The standard InChI is InChI=1S/C25H27FN4O3/c1-18-16-30(17-28-18)22-7-4-19(14-24(22)32-2)5-8-25(31)27-15-20-3-6-21(26)23(13-20)29-9-11-33-12-10-29/h3-8,13-14,16-17H,9-12,15H2,1-2H3,(H,27,31)/b8-5+. The second-order valence-electron chi connectivity index (χ2n) is 7.79. The molecule has 0 radical (unpaired) electrons. The third kappa shape index (κ3) is 5.59. The first-order valence-electron chi connectivity index (χ1n) is 10.8. The molecular weight excluding hydrogens is 423 g/mol. The number of nitrogens with one attached hydrogen (secondary N) is 1. The number of anilines is 1. The Labute approximate surface area is 192 Å². The number of hydrogen-bond donors (Lipinski definition) is 1. The van der Waals surface area contributed by atoms with Gasteiger partial charge >= 0.3 is 0 Å². The monoisotopic (exact) mass is 450 g/mol. The molecule has 0 atom stereocenters. The van der Waals surface area contributed by atoms with Crippen LogP contribution in [-0.2, 0) is 16.1 Å². The maximum atomic E-state index is 14.3. The van der Waals surface area contributed by atoms with Crippen molar-refractivity contribution in [2.45, 2.75) is 13.5 Å². The van der Waals surface area contributed by atoms with Gasteiger partial charge in [0, 0.05) is 31.9 Å². The molecule has 8 heteroatoms. The van der Waals surface area contributed by atoms with Crippen molar-refractivity contribution in [3.63, 3.8) is 0 Å². The quantitative estimate of drug-likeness (QED) is 0.558. The summed E-state index contributed by atoms with van der Waals surface area (Å²) < 4.78 is 27.0. The van der Waals surface area contributed by atoms with Crippen LogP contribution in [0.5, 0.6) is 5.75 Å². The molecule has 2 heterocycles. The molecule has 0 bridgehead atoms. The van der Waals surface area contributed by atoms with Crippen molar-refractivity contribution >= 4 is 17.7 Å². The topological polar surface area (TPSA) is 68.6 Å². The van der Waals surface area contributed by atoms with E-state index in [1.165, 1.54) is 12.1 Å². The number of rotatable bonds is 7. The Kier molecular flexibility index (Phi) is 7.04. The van der Waals surface area contributed by atoms with Crippen molar-refractivity contribution in [1.82, 2.24) is 14.9 Å². The molecule has 7 nitrogen and oxygen atoms in total. The fourth-order valence-electron chi connectivity index (χ4n) is 3.70. The number of halogens is 1.